The lowest BCUT2D eigenvalue weighted by atomic mass is 9.88. The van der Waals surface area contributed by atoms with Crippen LogP contribution in [-0.4, -0.2) is 321 Å². The van der Waals surface area contributed by atoms with Crippen LogP contribution in [-0.2, 0) is 66.5 Å². The average Bonchev–Trinajstić information content (AvgIpc) is 0.750. The van der Waals surface area contributed by atoms with E-state index in [9.17, 15) is 106 Å². The Labute approximate surface area is 627 Å². The number of hydrogen-bond acceptors (Lipinski definition) is 30. The van der Waals surface area contributed by atoms with Crippen molar-refractivity contribution in [3.05, 3.63) is 12.2 Å². The second kappa shape index (κ2) is 49.9. The summed E-state index contributed by atoms with van der Waals surface area (Å²) in [5.74, 6) is -7.71. The van der Waals surface area contributed by atoms with Gasteiger partial charge in [0.1, 0.15) is 116 Å². The summed E-state index contributed by atoms with van der Waals surface area (Å²) in [7, 11) is 0. The van der Waals surface area contributed by atoms with Crippen LogP contribution < -0.4 is 16.0 Å². The van der Waals surface area contributed by atoms with E-state index >= 15 is 0 Å². The second-order valence-electron chi connectivity index (χ2n) is 29.3. The minimum absolute atomic E-state index is 0.135. The van der Waals surface area contributed by atoms with Crippen LogP contribution in [0, 0.1) is 0 Å². The van der Waals surface area contributed by atoms with Gasteiger partial charge in [-0.3, -0.25) is 14.4 Å². The molecule has 3 amide bonds. The first kappa shape index (κ1) is 94.2. The fourth-order valence-electron chi connectivity index (χ4n) is 14.3. The molecule has 0 bridgehead atoms. The number of carbonyl (C=O) groups is 4. The summed E-state index contributed by atoms with van der Waals surface area (Å²) in [5.41, 5.74) is 0. The summed E-state index contributed by atoms with van der Waals surface area (Å²) < 4.78 is 60.1. The molecule has 5 heterocycles. The third kappa shape index (κ3) is 29.2. The molecule has 0 aliphatic carbocycles. The lowest BCUT2D eigenvalue weighted by Crippen LogP contribution is -2.72. The molecule has 0 spiro atoms. The zero-order valence-corrected chi connectivity index (χ0v) is 62.8. The molecule has 20 N–H and O–H groups in total. The highest BCUT2D eigenvalue weighted by atomic mass is 16.8. The van der Waals surface area contributed by atoms with E-state index in [1.54, 1.807) is 6.08 Å². The number of aliphatic carboxylic acids is 1. The molecule has 0 saturated carbocycles. The molecule has 34 heteroatoms. The standard InChI is InChI=1S/C73H131N3O31/c1-5-7-9-11-13-15-17-19-20-22-24-26-28-30-32-34-52(87)76-44(45(84)33-31-29-27-25-23-21-18-16-14-12-10-8-6-2)41-98-69-61(94)59(92)63(50(39-80)101-69)103-71-62(95)67(107-73(72(96)97)35-46(85)53(74-42(3)82)66(106-73)55(88)47(86)36-77)64(51(40-81)102-71)104-68-54(75-43(4)83)65(57(90)49(38-79)99-68)105-70-60(93)58(91)56(89)48(37-78)100-70/h31,33,44-51,53-71,77-81,84-86,88-95H,5-30,32,34-41H2,1-4H3,(H,74,82)(H,75,83)(H,76,87)(H,96,97)/b33-31-. The molecule has 624 valence electrons. The van der Waals surface area contributed by atoms with Crippen molar-refractivity contribution >= 4 is 23.7 Å². The normalized spacial score (nSPS) is 34.6. The molecule has 34 nitrogen and oxygen atoms in total. The van der Waals surface area contributed by atoms with Crippen molar-refractivity contribution < 1.29 is 153 Å². The quantitative estimate of drug-likeness (QED) is 0.0255. The molecule has 28 atom stereocenters. The number of hydrogen-bond donors (Lipinski definition) is 20. The molecule has 0 aromatic heterocycles. The summed E-state index contributed by atoms with van der Waals surface area (Å²) in [6.45, 7) is 0.317. The van der Waals surface area contributed by atoms with Gasteiger partial charge in [-0.05, 0) is 19.3 Å². The fourth-order valence-corrected chi connectivity index (χ4v) is 14.3. The van der Waals surface area contributed by atoms with E-state index in [-0.39, 0.29) is 12.3 Å². The Kier molecular flexibility index (Phi) is 44.0. The Morgan fingerprint density at radius 1 is 0.486 bits per heavy atom. The summed E-state index contributed by atoms with van der Waals surface area (Å²) >= 11 is 0. The number of nitrogens with one attached hydrogen (secondary N) is 3. The zero-order valence-electron chi connectivity index (χ0n) is 62.8. The minimum Gasteiger partial charge on any atom is -0.477 e. The number of carbonyl (C=O) groups excluding carboxylic acids is 3. The minimum atomic E-state index is -3.38. The lowest BCUT2D eigenvalue weighted by molar-refractivity contribution is -0.403. The number of allylic oxidation sites excluding steroid dienone is 1. The van der Waals surface area contributed by atoms with Gasteiger partial charge in [-0.1, -0.05) is 180 Å². The van der Waals surface area contributed by atoms with Gasteiger partial charge in [-0.25, -0.2) is 4.79 Å². The number of amides is 3. The third-order valence-electron chi connectivity index (χ3n) is 20.6. The maximum Gasteiger partial charge on any atom is 0.364 e. The molecular weight excluding hydrogens is 1410 g/mol. The predicted molar refractivity (Wildman–Crippen MR) is 378 cm³/mol. The third-order valence-corrected chi connectivity index (χ3v) is 20.6. The van der Waals surface area contributed by atoms with Gasteiger partial charge < -0.3 is 150 Å². The van der Waals surface area contributed by atoms with E-state index < -0.39 is 235 Å². The number of carboxylic acids is 1. The Morgan fingerprint density at radius 2 is 0.925 bits per heavy atom. The molecule has 28 unspecified atom stereocenters. The van der Waals surface area contributed by atoms with Gasteiger partial charge in [-0.15, -0.1) is 0 Å². The predicted octanol–water partition coefficient (Wildman–Crippen LogP) is -1.04. The topological polar surface area (TPSA) is 541 Å². The van der Waals surface area contributed by atoms with Crippen LogP contribution in [0.3, 0.4) is 0 Å². The first-order valence-corrected chi connectivity index (χ1v) is 39.1. The molecule has 5 rings (SSSR count). The van der Waals surface area contributed by atoms with Crippen LogP contribution >= 0.6 is 0 Å². The van der Waals surface area contributed by atoms with E-state index in [1.807, 2.05) is 6.08 Å². The molecule has 5 fully saturated rings. The summed E-state index contributed by atoms with van der Waals surface area (Å²) in [6.07, 6.45) is -16.8. The van der Waals surface area contributed by atoms with E-state index in [0.29, 0.717) is 12.8 Å². The smallest absolute Gasteiger partial charge is 0.364 e. The molecular formula is C73H131N3O31. The second-order valence-corrected chi connectivity index (χ2v) is 29.3. The Balaban J connectivity index is 1.40. The molecule has 0 radical (unpaired) electrons. The van der Waals surface area contributed by atoms with Crippen molar-refractivity contribution in [2.45, 2.75) is 385 Å². The Hall–Kier alpha value is -3.42. The SMILES string of the molecule is CCCCCCCCCCCCC/C=C\C(O)C(COC1OC(CO)C(OC2OC(CO)C(OC3OC(CO)C(O)C(OC4OC(CO)C(O)C(O)C4O)C3NC(C)=O)C(OC3(C(=O)O)CC(O)C(NC(C)=O)C(C(O)C(O)CO)O3)C2O)C(O)C1O)NC(=O)CCCCCCCCCCCCCCCCC. The molecule has 5 aliphatic heterocycles. The highest BCUT2D eigenvalue weighted by Gasteiger charge is 2.62. The van der Waals surface area contributed by atoms with Crippen LogP contribution in [0.4, 0.5) is 0 Å². The van der Waals surface area contributed by atoms with Crippen LogP contribution in [0.15, 0.2) is 12.2 Å². The van der Waals surface area contributed by atoms with Gasteiger partial charge in [0.15, 0.2) is 25.2 Å². The molecule has 107 heavy (non-hydrogen) atoms. The van der Waals surface area contributed by atoms with Crippen molar-refractivity contribution in [3.8, 4) is 0 Å². The lowest BCUT2D eigenvalue weighted by Gasteiger charge is -2.52. The molecule has 5 aliphatic rings. The van der Waals surface area contributed by atoms with Crippen LogP contribution in [0.1, 0.15) is 214 Å². The van der Waals surface area contributed by atoms with E-state index in [0.717, 1.165) is 71.6 Å². The van der Waals surface area contributed by atoms with Crippen molar-refractivity contribution in [3.63, 3.8) is 0 Å². The van der Waals surface area contributed by atoms with Gasteiger partial charge in [0, 0.05) is 26.7 Å². The highest BCUT2D eigenvalue weighted by molar-refractivity contribution is 5.77. The van der Waals surface area contributed by atoms with Gasteiger partial charge in [0.25, 0.3) is 5.79 Å². The highest BCUT2D eigenvalue weighted by Crippen LogP contribution is 2.41. The number of aliphatic hydroxyl groups is 16. The number of rotatable bonds is 52. The number of ether oxygens (including phenoxy) is 10. The summed E-state index contributed by atoms with van der Waals surface area (Å²) in [4.78, 5) is 53.0. The number of unbranched alkanes of at least 4 members (excludes halogenated alkanes) is 25. The average molecular weight is 1550 g/mol. The first-order valence-electron chi connectivity index (χ1n) is 39.1. The van der Waals surface area contributed by atoms with Crippen LogP contribution in [0.25, 0.3) is 0 Å². The zero-order chi connectivity index (χ0) is 78.8. The number of aliphatic hydroxyl groups excluding tert-OH is 16. The largest absolute Gasteiger partial charge is 0.477 e. The van der Waals surface area contributed by atoms with E-state index in [1.165, 1.54) is 103 Å². The maximum atomic E-state index is 13.8. The van der Waals surface area contributed by atoms with Crippen molar-refractivity contribution in [1.82, 2.24) is 16.0 Å². The van der Waals surface area contributed by atoms with Gasteiger partial charge >= 0.3 is 5.97 Å². The van der Waals surface area contributed by atoms with Crippen molar-refractivity contribution in [2.24, 2.45) is 0 Å². The summed E-state index contributed by atoms with van der Waals surface area (Å²) in [5, 5.41) is 197. The van der Waals surface area contributed by atoms with Gasteiger partial charge in [0.2, 0.25) is 17.7 Å². The van der Waals surface area contributed by atoms with Crippen LogP contribution in [0.5, 0.6) is 0 Å². The van der Waals surface area contributed by atoms with Crippen LogP contribution in [0.2, 0.25) is 0 Å². The molecule has 5 saturated heterocycles. The summed E-state index contributed by atoms with van der Waals surface area (Å²) in [6, 6.07) is -4.81. The van der Waals surface area contributed by atoms with Crippen molar-refractivity contribution in [2.75, 3.05) is 39.6 Å². The molecule has 0 aromatic rings. The van der Waals surface area contributed by atoms with Crippen molar-refractivity contribution in [1.29, 1.82) is 0 Å². The fraction of sp³-hybridized carbons (Fsp3) is 0.918. The Morgan fingerprint density at radius 3 is 1.44 bits per heavy atom. The maximum absolute atomic E-state index is 13.8. The van der Waals surface area contributed by atoms with Gasteiger partial charge in [-0.2, -0.15) is 0 Å². The first-order chi connectivity index (χ1) is 51.3. The van der Waals surface area contributed by atoms with Gasteiger partial charge in [0.05, 0.1) is 63.9 Å². The number of carboxylic acid groups (broad SMARTS) is 1. The molecule has 0 aromatic carbocycles. The van der Waals surface area contributed by atoms with E-state index in [4.69, 9.17) is 47.4 Å². The van der Waals surface area contributed by atoms with E-state index in [2.05, 4.69) is 29.8 Å². The monoisotopic (exact) mass is 1550 g/mol. The Bertz CT molecular complexity index is 2500.